The maximum Gasteiger partial charge on any atom is 0.0636 e. The predicted octanol–water partition coefficient (Wildman–Crippen LogP) is 10.9. The van der Waals surface area contributed by atoms with Gasteiger partial charge < -0.3 is 36.7 Å². The minimum Gasteiger partial charge on any atom is -0.381 e. The molecule has 3 fully saturated rings. The van der Waals surface area contributed by atoms with E-state index in [1.165, 1.54) is 148 Å². The van der Waals surface area contributed by atoms with E-state index in [0.29, 0.717) is 43.7 Å². The van der Waals surface area contributed by atoms with Crippen molar-refractivity contribution in [2.75, 3.05) is 59.2 Å². The summed E-state index contributed by atoms with van der Waals surface area (Å²) < 4.78 is 19.5. The third-order valence-corrected chi connectivity index (χ3v) is 15.6. The maximum atomic E-state index is 7.01. The SMILES string of the molecule is CCCCCCCCCCCCCCCCNCCCC(C)C1CCC2CC(C3(C)CCC(OCCCN)CC3CCOCCCN)CC(OCCCN)C21C. The van der Waals surface area contributed by atoms with Gasteiger partial charge in [0.15, 0.2) is 0 Å². The maximum absolute atomic E-state index is 7.01. The van der Waals surface area contributed by atoms with Gasteiger partial charge >= 0.3 is 0 Å². The first kappa shape index (κ1) is 50.1. The summed E-state index contributed by atoms with van der Waals surface area (Å²) in [7, 11) is 0. The van der Waals surface area contributed by atoms with Crippen molar-refractivity contribution in [1.29, 1.82) is 0 Å². The fraction of sp³-hybridized carbons (Fsp3) is 1.00. The molecule has 0 aliphatic heterocycles. The summed E-state index contributed by atoms with van der Waals surface area (Å²) in [4.78, 5) is 0. The summed E-state index contributed by atoms with van der Waals surface area (Å²) in [5.74, 6) is 3.50. The molecule has 332 valence electrons. The van der Waals surface area contributed by atoms with Crippen LogP contribution >= 0.6 is 0 Å². The van der Waals surface area contributed by atoms with E-state index in [9.17, 15) is 0 Å². The Hall–Kier alpha value is -0.280. The normalized spacial score (nSPS) is 29.8. The molecule has 0 bridgehead atoms. The quantitative estimate of drug-likeness (QED) is 0.0472. The third kappa shape index (κ3) is 17.0. The molecule has 0 spiro atoms. The molecule has 56 heavy (non-hydrogen) atoms. The van der Waals surface area contributed by atoms with E-state index in [0.717, 1.165) is 82.7 Å². The Balaban J connectivity index is 1.44. The predicted molar refractivity (Wildman–Crippen MR) is 240 cm³/mol. The molecule has 3 aliphatic rings. The van der Waals surface area contributed by atoms with Crippen LogP contribution in [0.4, 0.5) is 0 Å². The molecule has 0 saturated heterocycles. The summed E-state index contributed by atoms with van der Waals surface area (Å²) in [6, 6.07) is 0. The topological polar surface area (TPSA) is 118 Å². The van der Waals surface area contributed by atoms with E-state index in [1.807, 2.05) is 0 Å². The van der Waals surface area contributed by atoms with E-state index in [-0.39, 0.29) is 10.8 Å². The number of nitrogens with two attached hydrogens (primary N) is 3. The average Bonchev–Trinajstić information content (AvgIpc) is 3.55. The Bertz CT molecular complexity index is 941. The molecule has 3 aliphatic carbocycles. The Morgan fingerprint density at radius 3 is 1.84 bits per heavy atom. The van der Waals surface area contributed by atoms with Crippen LogP contribution in [0, 0.1) is 40.4 Å². The summed E-state index contributed by atoms with van der Waals surface area (Å²) in [5.41, 5.74) is 18.1. The van der Waals surface area contributed by atoms with Crippen molar-refractivity contribution in [2.45, 2.75) is 213 Å². The minimum absolute atomic E-state index is 0.256. The van der Waals surface area contributed by atoms with Crippen molar-refractivity contribution in [2.24, 2.45) is 57.6 Å². The molecular weight excluding hydrogens is 693 g/mol. The number of unbranched alkanes of at least 4 members (excludes halogenated alkanes) is 13. The number of fused-ring (bicyclic) bond motifs is 1. The van der Waals surface area contributed by atoms with Gasteiger partial charge in [-0.05, 0) is 163 Å². The largest absolute Gasteiger partial charge is 0.381 e. The van der Waals surface area contributed by atoms with Crippen molar-refractivity contribution in [3.63, 3.8) is 0 Å². The van der Waals surface area contributed by atoms with Gasteiger partial charge in [0.2, 0.25) is 0 Å². The molecule has 0 aromatic rings. The zero-order valence-corrected chi connectivity index (χ0v) is 38.0. The van der Waals surface area contributed by atoms with Crippen LogP contribution in [0.5, 0.6) is 0 Å². The molecule has 9 atom stereocenters. The summed E-state index contributed by atoms with van der Waals surface area (Å²) >= 11 is 0. The van der Waals surface area contributed by atoms with E-state index >= 15 is 0 Å². The van der Waals surface area contributed by atoms with Crippen LogP contribution in [-0.2, 0) is 14.2 Å². The molecule has 0 aromatic heterocycles. The van der Waals surface area contributed by atoms with Crippen molar-refractivity contribution in [1.82, 2.24) is 5.32 Å². The molecule has 0 amide bonds. The first-order valence-corrected chi connectivity index (χ1v) is 25.0. The third-order valence-electron chi connectivity index (χ3n) is 15.6. The number of nitrogens with one attached hydrogen (secondary N) is 1. The van der Waals surface area contributed by atoms with Crippen molar-refractivity contribution >= 4 is 0 Å². The number of hydrogen-bond acceptors (Lipinski definition) is 7. The summed E-state index contributed by atoms with van der Waals surface area (Å²) in [6.07, 6.45) is 36.0. The highest BCUT2D eigenvalue weighted by Crippen LogP contribution is 2.64. The van der Waals surface area contributed by atoms with Gasteiger partial charge in [0.05, 0.1) is 12.2 Å². The molecule has 3 saturated carbocycles. The number of rotatable bonds is 35. The van der Waals surface area contributed by atoms with Gasteiger partial charge in [0, 0.05) is 26.4 Å². The smallest absolute Gasteiger partial charge is 0.0636 e. The lowest BCUT2D eigenvalue weighted by atomic mass is 9.50. The monoisotopic (exact) mass is 791 g/mol. The highest BCUT2D eigenvalue weighted by molar-refractivity contribution is 5.08. The Labute approximate surface area is 348 Å². The van der Waals surface area contributed by atoms with Crippen LogP contribution in [0.2, 0.25) is 0 Å². The molecule has 7 nitrogen and oxygen atoms in total. The lowest BCUT2D eigenvalue weighted by Crippen LogP contribution is -2.54. The first-order valence-electron chi connectivity index (χ1n) is 25.0. The van der Waals surface area contributed by atoms with Gasteiger partial charge in [-0.25, -0.2) is 0 Å². The second-order valence-corrected chi connectivity index (χ2v) is 19.5. The van der Waals surface area contributed by atoms with Gasteiger partial charge in [0.25, 0.3) is 0 Å². The Morgan fingerprint density at radius 1 is 0.607 bits per heavy atom. The minimum atomic E-state index is 0.256. The highest BCUT2D eigenvalue weighted by Gasteiger charge is 2.59. The van der Waals surface area contributed by atoms with Gasteiger partial charge in [-0.1, -0.05) is 111 Å². The average molecular weight is 791 g/mol. The van der Waals surface area contributed by atoms with Crippen molar-refractivity contribution in [3.05, 3.63) is 0 Å². The van der Waals surface area contributed by atoms with Gasteiger partial charge in [-0.3, -0.25) is 0 Å². The number of hydrogen-bond donors (Lipinski definition) is 4. The molecule has 7 N–H and O–H groups in total. The molecule has 9 unspecified atom stereocenters. The van der Waals surface area contributed by atoms with Crippen LogP contribution in [-0.4, -0.2) is 71.4 Å². The fourth-order valence-corrected chi connectivity index (χ4v) is 11.8. The molecule has 0 radical (unpaired) electrons. The van der Waals surface area contributed by atoms with Crippen LogP contribution < -0.4 is 22.5 Å². The Morgan fingerprint density at radius 2 is 1.20 bits per heavy atom. The van der Waals surface area contributed by atoms with Crippen LogP contribution in [0.1, 0.15) is 201 Å². The van der Waals surface area contributed by atoms with Crippen molar-refractivity contribution < 1.29 is 14.2 Å². The Kier molecular flexibility index (Phi) is 26.7. The van der Waals surface area contributed by atoms with Gasteiger partial charge in [0.1, 0.15) is 0 Å². The summed E-state index contributed by atoms with van der Waals surface area (Å²) in [5, 5.41) is 3.81. The lowest BCUT2D eigenvalue weighted by molar-refractivity contribution is -0.152. The van der Waals surface area contributed by atoms with E-state index in [1.54, 1.807) is 0 Å². The zero-order valence-electron chi connectivity index (χ0n) is 38.0. The van der Waals surface area contributed by atoms with Gasteiger partial charge in [-0.15, -0.1) is 0 Å². The standard InChI is InChI=1S/C49H98N4O3/c1-5-6-7-8-9-10-11-12-13-14-15-16-17-18-32-53-33-19-23-41(2)46-25-24-43-38-44(40-47(49(43,46)4)56-36-22-31-52)48(3)28-26-45(55-35-21-30-51)39-42(48)27-37-54-34-20-29-50/h41-47,53H,5-40,50-52H2,1-4H3. The van der Waals surface area contributed by atoms with E-state index in [4.69, 9.17) is 31.4 Å². The second-order valence-electron chi connectivity index (χ2n) is 19.5. The van der Waals surface area contributed by atoms with Crippen LogP contribution in [0.25, 0.3) is 0 Å². The molecule has 0 heterocycles. The van der Waals surface area contributed by atoms with E-state index < -0.39 is 0 Å². The fourth-order valence-electron chi connectivity index (χ4n) is 11.8. The first-order chi connectivity index (χ1) is 27.3. The second kappa shape index (κ2) is 29.9. The van der Waals surface area contributed by atoms with Gasteiger partial charge in [-0.2, -0.15) is 0 Å². The van der Waals surface area contributed by atoms with E-state index in [2.05, 4.69) is 33.0 Å². The zero-order chi connectivity index (χ0) is 40.3. The summed E-state index contributed by atoms with van der Waals surface area (Å²) in [6.45, 7) is 17.8. The lowest BCUT2D eigenvalue weighted by Gasteiger charge is -2.57. The molecular formula is C49H98N4O3. The van der Waals surface area contributed by atoms with Crippen LogP contribution in [0.3, 0.4) is 0 Å². The number of ether oxygens (including phenoxy) is 3. The highest BCUT2D eigenvalue weighted by atomic mass is 16.5. The van der Waals surface area contributed by atoms with Crippen LogP contribution in [0.15, 0.2) is 0 Å². The molecule has 7 heteroatoms. The molecule has 3 rings (SSSR count). The molecule has 0 aromatic carbocycles. The van der Waals surface area contributed by atoms with Crippen molar-refractivity contribution in [3.8, 4) is 0 Å².